The number of aromatic nitrogens is 1. The van der Waals surface area contributed by atoms with Gasteiger partial charge in [-0.3, -0.25) is 0 Å². The summed E-state index contributed by atoms with van der Waals surface area (Å²) in [6.07, 6.45) is 38.6. The van der Waals surface area contributed by atoms with Crippen LogP contribution in [-0.4, -0.2) is 0 Å². The molecule has 0 unspecified atom stereocenters. The van der Waals surface area contributed by atoms with Crippen LogP contribution in [0.2, 0.25) is 0 Å². The van der Waals surface area contributed by atoms with Crippen LogP contribution < -0.4 is 17.0 Å². The quantitative estimate of drug-likeness (QED) is 0.0615. The number of unbranched alkanes of at least 4 members (excludes halogenated alkanes) is 20. The van der Waals surface area contributed by atoms with E-state index >= 15 is 0 Å². The molecule has 0 saturated heterocycles. The van der Waals surface area contributed by atoms with Crippen LogP contribution in [0.15, 0.2) is 24.5 Å². The Morgan fingerprint density at radius 3 is 1.17 bits per heavy atom. The van der Waals surface area contributed by atoms with E-state index in [-0.39, 0.29) is 12.4 Å². The van der Waals surface area contributed by atoms with E-state index < -0.39 is 0 Å². The minimum atomic E-state index is 0. The number of halogens is 1. The maximum Gasteiger partial charge on any atom is 0.168 e. The van der Waals surface area contributed by atoms with Crippen LogP contribution in [0, 0.1) is 23.7 Å². The minimum Gasteiger partial charge on any atom is -1.00 e. The van der Waals surface area contributed by atoms with E-state index in [1.807, 2.05) is 0 Å². The van der Waals surface area contributed by atoms with Crippen molar-refractivity contribution in [1.29, 1.82) is 0 Å². The van der Waals surface area contributed by atoms with Gasteiger partial charge >= 0.3 is 0 Å². The molecule has 0 aliphatic rings. The maximum atomic E-state index is 3.41. The van der Waals surface area contributed by atoms with Crippen LogP contribution in [0.5, 0.6) is 0 Å². The predicted octanol–water partition coefficient (Wildman–Crippen LogP) is 8.79. The first-order valence-electron chi connectivity index (χ1n) is 17.6. The second-order valence-corrected chi connectivity index (χ2v) is 12.1. The molecule has 0 saturated carbocycles. The first-order chi connectivity index (χ1) is 19.8. The largest absolute Gasteiger partial charge is 1.00 e. The SMILES string of the molecule is CCCCCCCC#CCCCCCCCC(CCCCCCCC#CCCCCCCC)c1cc[n+](C)cc1.[Cl-]. The van der Waals surface area contributed by atoms with E-state index in [0.29, 0.717) is 0 Å². The van der Waals surface area contributed by atoms with Crippen molar-refractivity contribution >= 4 is 0 Å². The van der Waals surface area contributed by atoms with Gasteiger partial charge in [0, 0.05) is 37.8 Å². The molecule has 0 aromatic carbocycles. The van der Waals surface area contributed by atoms with Crippen molar-refractivity contribution in [2.24, 2.45) is 7.05 Å². The number of hydrogen-bond donors (Lipinski definition) is 0. The van der Waals surface area contributed by atoms with Crippen LogP contribution in [0.3, 0.4) is 0 Å². The third kappa shape index (κ3) is 26.0. The van der Waals surface area contributed by atoms with Gasteiger partial charge < -0.3 is 12.4 Å². The Balaban J connectivity index is 0.0000160. The summed E-state index contributed by atoms with van der Waals surface area (Å²) in [5.41, 5.74) is 1.55. The second-order valence-electron chi connectivity index (χ2n) is 12.1. The molecule has 0 aliphatic heterocycles. The molecule has 1 heterocycles. The van der Waals surface area contributed by atoms with Gasteiger partial charge in [-0.1, -0.05) is 117 Å². The van der Waals surface area contributed by atoms with Crippen molar-refractivity contribution in [3.63, 3.8) is 0 Å². The Labute approximate surface area is 263 Å². The van der Waals surface area contributed by atoms with Crippen molar-refractivity contribution in [2.45, 2.75) is 187 Å². The summed E-state index contributed by atoms with van der Waals surface area (Å²) < 4.78 is 2.16. The first kappa shape index (κ1) is 39.6. The van der Waals surface area contributed by atoms with Gasteiger partial charge in [-0.05, 0) is 50.0 Å². The van der Waals surface area contributed by atoms with Crippen molar-refractivity contribution in [2.75, 3.05) is 0 Å². The van der Waals surface area contributed by atoms with Crippen molar-refractivity contribution in [1.82, 2.24) is 0 Å². The Morgan fingerprint density at radius 1 is 0.488 bits per heavy atom. The molecule has 0 radical (unpaired) electrons. The molecule has 1 aromatic rings. The number of pyridine rings is 1. The highest BCUT2D eigenvalue weighted by Gasteiger charge is 2.12. The van der Waals surface area contributed by atoms with Gasteiger partial charge in [-0.15, -0.1) is 23.7 Å². The Hall–Kier alpha value is -1.44. The minimum absolute atomic E-state index is 0. The van der Waals surface area contributed by atoms with Gasteiger partial charge in [0.25, 0.3) is 0 Å². The fourth-order valence-corrected chi connectivity index (χ4v) is 5.52. The molecule has 0 bridgehead atoms. The van der Waals surface area contributed by atoms with Gasteiger partial charge in [0.1, 0.15) is 7.05 Å². The van der Waals surface area contributed by atoms with E-state index in [1.165, 1.54) is 141 Å². The lowest BCUT2D eigenvalue weighted by molar-refractivity contribution is -0.671. The van der Waals surface area contributed by atoms with E-state index in [1.54, 1.807) is 5.56 Å². The lowest BCUT2D eigenvalue weighted by Crippen LogP contribution is -3.00. The Morgan fingerprint density at radius 2 is 0.805 bits per heavy atom. The van der Waals surface area contributed by atoms with Crippen LogP contribution in [-0.2, 0) is 7.05 Å². The molecular weight excluding hydrogens is 518 g/mol. The average molecular weight is 584 g/mol. The topological polar surface area (TPSA) is 3.88 Å². The smallest absolute Gasteiger partial charge is 0.168 e. The molecule has 0 atom stereocenters. The zero-order chi connectivity index (χ0) is 28.8. The lowest BCUT2D eigenvalue weighted by Gasteiger charge is -2.17. The van der Waals surface area contributed by atoms with E-state index in [9.17, 15) is 0 Å². The third-order valence-electron chi connectivity index (χ3n) is 8.25. The number of aryl methyl sites for hydroxylation is 1. The van der Waals surface area contributed by atoms with Gasteiger partial charge in [0.05, 0.1) is 0 Å². The standard InChI is InChI=1S/C39H66N.ClH/c1-4-6-8-10-12-14-16-18-20-22-24-26-28-30-32-38(39-34-36-40(3)37-35-39)33-31-29-27-25-23-21-19-17-15-13-11-9-7-5-2;/h34-38H,4-15,20-33H2,1-3H3;1H/q+1;/p-1. The molecule has 0 N–H and O–H groups in total. The monoisotopic (exact) mass is 583 g/mol. The molecular formula is C39H66ClN. The fraction of sp³-hybridized carbons (Fsp3) is 0.769. The highest BCUT2D eigenvalue weighted by molar-refractivity contribution is 5.13. The van der Waals surface area contributed by atoms with Gasteiger partial charge in [-0.2, -0.15) is 0 Å². The highest BCUT2D eigenvalue weighted by Crippen LogP contribution is 2.28. The second kappa shape index (κ2) is 31.5. The summed E-state index contributed by atoms with van der Waals surface area (Å²) in [6.45, 7) is 4.56. The van der Waals surface area contributed by atoms with Crippen LogP contribution in [0.4, 0.5) is 0 Å². The summed E-state index contributed by atoms with van der Waals surface area (Å²) in [4.78, 5) is 0. The molecule has 1 nitrogen and oxygen atoms in total. The van der Waals surface area contributed by atoms with Gasteiger partial charge in [0.15, 0.2) is 12.4 Å². The zero-order valence-corrected chi connectivity index (χ0v) is 28.4. The molecule has 1 rings (SSSR count). The summed E-state index contributed by atoms with van der Waals surface area (Å²) in [7, 11) is 2.12. The fourth-order valence-electron chi connectivity index (χ4n) is 5.52. The summed E-state index contributed by atoms with van der Waals surface area (Å²) in [5, 5.41) is 0. The number of hydrogen-bond acceptors (Lipinski definition) is 0. The maximum absolute atomic E-state index is 3.41. The van der Waals surface area contributed by atoms with E-state index in [4.69, 9.17) is 0 Å². The molecule has 1 aromatic heterocycles. The van der Waals surface area contributed by atoms with Gasteiger partial charge in [0.2, 0.25) is 0 Å². The van der Waals surface area contributed by atoms with Crippen molar-refractivity contribution in [3.05, 3.63) is 30.1 Å². The highest BCUT2D eigenvalue weighted by atomic mass is 35.5. The first-order valence-corrected chi connectivity index (χ1v) is 17.6. The number of rotatable bonds is 25. The molecule has 41 heavy (non-hydrogen) atoms. The summed E-state index contributed by atoms with van der Waals surface area (Å²) in [6, 6.07) is 4.71. The summed E-state index contributed by atoms with van der Waals surface area (Å²) in [5.74, 6) is 14.3. The molecule has 0 amide bonds. The average Bonchev–Trinajstić information content (AvgIpc) is 2.97. The van der Waals surface area contributed by atoms with Crippen molar-refractivity contribution in [3.8, 4) is 23.7 Å². The third-order valence-corrected chi connectivity index (χ3v) is 8.25. The normalized spacial score (nSPS) is 10.5. The zero-order valence-electron chi connectivity index (χ0n) is 27.6. The van der Waals surface area contributed by atoms with E-state index in [2.05, 4.69) is 73.7 Å². The van der Waals surface area contributed by atoms with Crippen LogP contribution in [0.25, 0.3) is 0 Å². The van der Waals surface area contributed by atoms with Crippen LogP contribution >= 0.6 is 0 Å². The Bertz CT molecular complexity index is 745. The Kier molecular flexibility index (Phi) is 30.4. The molecule has 234 valence electrons. The van der Waals surface area contributed by atoms with E-state index in [0.717, 1.165) is 31.6 Å². The van der Waals surface area contributed by atoms with Crippen LogP contribution in [0.1, 0.15) is 192 Å². The predicted molar refractivity (Wildman–Crippen MR) is 177 cm³/mol. The molecule has 0 aliphatic carbocycles. The molecule has 0 fully saturated rings. The number of nitrogens with zero attached hydrogens (tertiary/aromatic N) is 1. The summed E-state index contributed by atoms with van der Waals surface area (Å²) >= 11 is 0. The lowest BCUT2D eigenvalue weighted by atomic mass is 9.88. The van der Waals surface area contributed by atoms with Crippen molar-refractivity contribution < 1.29 is 17.0 Å². The van der Waals surface area contributed by atoms with Gasteiger partial charge in [-0.25, -0.2) is 4.57 Å². The molecule has 2 heteroatoms. The molecule has 0 spiro atoms.